The van der Waals surface area contributed by atoms with E-state index >= 15 is 0 Å². The van der Waals surface area contributed by atoms with Gasteiger partial charge in [0.05, 0.1) is 39.9 Å². The highest BCUT2D eigenvalue weighted by atomic mass is 31.2. The van der Waals surface area contributed by atoms with Gasteiger partial charge in [-0.25, -0.2) is 0 Å². The number of nitrogens with one attached hydrogen (secondary N) is 1. The number of nitrogens with zero attached hydrogens (tertiary/aromatic N) is 1. The molecule has 3 atom stereocenters. The van der Waals surface area contributed by atoms with E-state index in [-0.39, 0.29) is 19.1 Å². The van der Waals surface area contributed by atoms with Crippen LogP contribution in [-0.2, 0) is 18.4 Å². The Balaban J connectivity index is 4.03. The molecule has 0 heterocycles. The fraction of sp³-hybridized carbons (Fsp3) is 0.822. The summed E-state index contributed by atoms with van der Waals surface area (Å²) in [6.07, 6.45) is 88.8. The monoisotopic (exact) mass is 1170 g/mol. The van der Waals surface area contributed by atoms with Crippen molar-refractivity contribution >= 4 is 13.7 Å². The number of hydrogen-bond donors (Lipinski definition) is 2. The third kappa shape index (κ3) is 65.5. The molecule has 0 fully saturated rings. The number of quaternary nitrogens is 1. The van der Waals surface area contributed by atoms with Crippen LogP contribution in [0.25, 0.3) is 0 Å². The number of rotatable bonds is 65. The van der Waals surface area contributed by atoms with Crippen molar-refractivity contribution in [3.8, 4) is 0 Å². The van der Waals surface area contributed by atoms with Crippen molar-refractivity contribution in [1.29, 1.82) is 0 Å². The number of aliphatic hydroxyl groups excluding tert-OH is 1. The third-order valence-electron chi connectivity index (χ3n) is 15.9. The van der Waals surface area contributed by atoms with E-state index in [2.05, 4.69) is 79.9 Å². The molecule has 2 N–H and O–H groups in total. The SMILES string of the molecule is CC/C=C\C/C=C\C/C=C\C/C=C\C/C=C\CCCCCCCCCCCCCCCCCCCCCC(=O)NC(COP(=O)([O-])OCC[N+](C)(C)C)C(O)/C=C/CCCCCCCCCCCCCCCCCCCCCCCCC. The van der Waals surface area contributed by atoms with Gasteiger partial charge in [-0.1, -0.05) is 337 Å². The number of hydrogen-bond acceptors (Lipinski definition) is 6. The summed E-state index contributed by atoms with van der Waals surface area (Å²) in [7, 11) is 1.27. The van der Waals surface area contributed by atoms with Crippen molar-refractivity contribution in [2.45, 2.75) is 347 Å². The minimum absolute atomic E-state index is 0.000863. The molecule has 0 aliphatic heterocycles. The van der Waals surface area contributed by atoms with Crippen molar-refractivity contribution in [2.75, 3.05) is 40.9 Å². The second-order valence-electron chi connectivity index (χ2n) is 25.2. The Morgan fingerprint density at radius 2 is 0.744 bits per heavy atom. The molecule has 0 aromatic carbocycles. The fourth-order valence-corrected chi connectivity index (χ4v) is 11.2. The second-order valence-corrected chi connectivity index (χ2v) is 26.6. The number of unbranched alkanes of at least 4 members (excludes halogenated alkanes) is 42. The highest BCUT2D eigenvalue weighted by molar-refractivity contribution is 7.45. The highest BCUT2D eigenvalue weighted by Crippen LogP contribution is 2.38. The molecule has 0 aliphatic carbocycles. The van der Waals surface area contributed by atoms with Crippen LogP contribution in [0.4, 0.5) is 0 Å². The lowest BCUT2D eigenvalue weighted by atomic mass is 10.0. The van der Waals surface area contributed by atoms with Gasteiger partial charge in [-0.3, -0.25) is 9.36 Å². The summed E-state index contributed by atoms with van der Waals surface area (Å²) in [6, 6.07) is -0.889. The summed E-state index contributed by atoms with van der Waals surface area (Å²) in [5.74, 6) is -0.193. The first-order valence-electron chi connectivity index (χ1n) is 35.3. The maximum absolute atomic E-state index is 13.0. The molecule has 0 saturated heterocycles. The normalized spacial score (nSPS) is 14.1. The summed E-state index contributed by atoms with van der Waals surface area (Å²) in [4.78, 5) is 25.6. The fourth-order valence-electron chi connectivity index (χ4n) is 10.5. The molecule has 8 nitrogen and oxygen atoms in total. The summed E-state index contributed by atoms with van der Waals surface area (Å²) in [6.45, 7) is 4.58. The lowest BCUT2D eigenvalue weighted by Gasteiger charge is -2.29. The number of amides is 1. The van der Waals surface area contributed by atoms with Gasteiger partial charge in [0.25, 0.3) is 7.82 Å². The van der Waals surface area contributed by atoms with Crippen molar-refractivity contribution in [3.63, 3.8) is 0 Å². The van der Waals surface area contributed by atoms with Crippen LogP contribution >= 0.6 is 7.82 Å². The summed E-state index contributed by atoms with van der Waals surface area (Å²) in [5, 5.41) is 14.0. The van der Waals surface area contributed by atoms with E-state index in [0.717, 1.165) is 70.6 Å². The topological polar surface area (TPSA) is 108 Å². The largest absolute Gasteiger partial charge is 0.756 e. The van der Waals surface area contributed by atoms with Crippen molar-refractivity contribution < 1.29 is 32.9 Å². The van der Waals surface area contributed by atoms with Gasteiger partial charge in [-0.05, 0) is 64.2 Å². The van der Waals surface area contributed by atoms with E-state index in [4.69, 9.17) is 9.05 Å². The maximum atomic E-state index is 13.0. The van der Waals surface area contributed by atoms with E-state index in [1.54, 1.807) is 6.08 Å². The maximum Gasteiger partial charge on any atom is 0.268 e. The molecule has 0 rings (SSSR count). The minimum Gasteiger partial charge on any atom is -0.756 e. The van der Waals surface area contributed by atoms with E-state index in [9.17, 15) is 19.4 Å². The lowest BCUT2D eigenvalue weighted by Crippen LogP contribution is -2.45. The molecular formula is C73H137N2O6P. The number of phosphoric acid groups is 1. The molecule has 0 aliphatic rings. The Morgan fingerprint density at radius 3 is 1.09 bits per heavy atom. The van der Waals surface area contributed by atoms with Gasteiger partial charge in [0.1, 0.15) is 13.2 Å². The molecule has 0 bridgehead atoms. The zero-order chi connectivity index (χ0) is 59.8. The summed E-state index contributed by atoms with van der Waals surface area (Å²) >= 11 is 0. The molecule has 0 saturated carbocycles. The molecule has 9 heteroatoms. The van der Waals surface area contributed by atoms with Crippen LogP contribution in [0.15, 0.2) is 72.9 Å². The Kier molecular flexibility index (Phi) is 61.8. The number of aliphatic hydroxyl groups is 1. The van der Waals surface area contributed by atoms with Gasteiger partial charge in [-0.15, -0.1) is 0 Å². The standard InChI is InChI=1S/C73H137N2O6P/c1-6-8-10-12-14-16-18-20-22-24-26-28-30-32-33-34-35-36-37-38-39-40-41-43-45-47-49-51-53-55-57-59-61-63-65-67-73(77)74-71(70-81-82(78,79)80-69-68-75(3,4)5)72(76)66-64-62-60-58-56-54-52-50-48-46-44-42-31-29-27-25-23-21-19-17-15-13-11-9-7-2/h8,10,14,16,20,22,26,28,32-33,64,66,71-72,76H,6-7,9,11-13,15,17-19,21,23-25,27,29-31,34-63,65,67-70H2,1-5H3,(H-,74,77,78,79)/b10-8-,16-14-,22-20-,28-26-,33-32-,66-64+. The minimum atomic E-state index is -4.60. The lowest BCUT2D eigenvalue weighted by molar-refractivity contribution is -0.870. The predicted octanol–water partition coefficient (Wildman–Crippen LogP) is 21.9. The second kappa shape index (κ2) is 63.4. The molecule has 0 aromatic rings. The van der Waals surface area contributed by atoms with Crippen LogP contribution < -0.4 is 10.2 Å². The number of carbonyl (C=O) groups is 1. The van der Waals surface area contributed by atoms with E-state index in [1.165, 1.54) is 244 Å². The van der Waals surface area contributed by atoms with E-state index in [1.807, 2.05) is 27.2 Å². The van der Waals surface area contributed by atoms with Crippen LogP contribution in [0.3, 0.4) is 0 Å². The average molecular weight is 1170 g/mol. The molecule has 0 aromatic heterocycles. The van der Waals surface area contributed by atoms with Crippen LogP contribution in [0.5, 0.6) is 0 Å². The first-order valence-corrected chi connectivity index (χ1v) is 36.8. The van der Waals surface area contributed by atoms with E-state index < -0.39 is 20.0 Å². The van der Waals surface area contributed by atoms with Gasteiger partial charge in [-0.2, -0.15) is 0 Å². The van der Waals surface area contributed by atoms with Crippen LogP contribution in [-0.4, -0.2) is 68.5 Å². The molecule has 0 spiro atoms. The van der Waals surface area contributed by atoms with Gasteiger partial charge < -0.3 is 28.8 Å². The predicted molar refractivity (Wildman–Crippen MR) is 357 cm³/mol. The van der Waals surface area contributed by atoms with Gasteiger partial charge >= 0.3 is 0 Å². The van der Waals surface area contributed by atoms with Crippen molar-refractivity contribution in [3.05, 3.63) is 72.9 Å². The third-order valence-corrected chi connectivity index (χ3v) is 16.9. The van der Waals surface area contributed by atoms with Crippen LogP contribution in [0, 0.1) is 0 Å². The van der Waals surface area contributed by atoms with Crippen molar-refractivity contribution in [2.24, 2.45) is 0 Å². The van der Waals surface area contributed by atoms with Crippen LogP contribution in [0.1, 0.15) is 335 Å². The zero-order valence-electron chi connectivity index (χ0n) is 54.9. The van der Waals surface area contributed by atoms with Crippen LogP contribution in [0.2, 0.25) is 0 Å². The van der Waals surface area contributed by atoms with Crippen molar-refractivity contribution in [1.82, 2.24) is 5.32 Å². The Morgan fingerprint density at radius 1 is 0.439 bits per heavy atom. The highest BCUT2D eigenvalue weighted by Gasteiger charge is 2.23. The molecule has 1 amide bonds. The number of likely N-dealkylation sites (N-methyl/N-ethyl adjacent to an activating group) is 1. The molecule has 0 radical (unpaired) electrons. The van der Waals surface area contributed by atoms with Gasteiger partial charge in [0, 0.05) is 6.42 Å². The molecule has 3 unspecified atom stereocenters. The number of allylic oxidation sites excluding steroid dienone is 11. The Labute approximate surface area is 510 Å². The first kappa shape index (κ1) is 79.9. The number of phosphoric ester groups is 1. The molecule has 480 valence electrons. The quantitative estimate of drug-likeness (QED) is 0.0272. The average Bonchev–Trinajstić information content (AvgIpc) is 3.45. The van der Waals surface area contributed by atoms with Gasteiger partial charge in [0.15, 0.2) is 0 Å². The van der Waals surface area contributed by atoms with Gasteiger partial charge in [0.2, 0.25) is 5.91 Å². The summed E-state index contributed by atoms with van der Waals surface area (Å²) in [5.41, 5.74) is 0. The Hall–Kier alpha value is -2.06. The summed E-state index contributed by atoms with van der Waals surface area (Å²) < 4.78 is 23.5. The zero-order valence-corrected chi connectivity index (χ0v) is 55.8. The first-order chi connectivity index (χ1) is 40.0. The number of carbonyl (C=O) groups excluding carboxylic acids is 1. The Bertz CT molecular complexity index is 1570. The van der Waals surface area contributed by atoms with E-state index in [0.29, 0.717) is 17.4 Å². The smallest absolute Gasteiger partial charge is 0.268 e. The molecule has 82 heavy (non-hydrogen) atoms. The molecular weight excluding hydrogens is 1030 g/mol.